The van der Waals surface area contributed by atoms with E-state index in [2.05, 4.69) is 10.6 Å². The first kappa shape index (κ1) is 23.5. The van der Waals surface area contributed by atoms with E-state index in [0.29, 0.717) is 29.7 Å². The number of fused-ring (bicyclic) bond motifs is 3. The van der Waals surface area contributed by atoms with Gasteiger partial charge < -0.3 is 19.9 Å². The van der Waals surface area contributed by atoms with Crippen LogP contribution in [-0.4, -0.2) is 47.1 Å². The highest BCUT2D eigenvalue weighted by Crippen LogP contribution is 2.34. The zero-order valence-electron chi connectivity index (χ0n) is 18.8. The van der Waals surface area contributed by atoms with Crippen LogP contribution in [0.2, 0.25) is 0 Å². The van der Waals surface area contributed by atoms with Crippen LogP contribution in [-0.2, 0) is 13.6 Å². The molecule has 1 aliphatic rings. The van der Waals surface area contributed by atoms with Crippen LogP contribution in [0.25, 0.3) is 21.8 Å². The summed E-state index contributed by atoms with van der Waals surface area (Å²) in [4.78, 5) is 39.8. The first-order valence-corrected chi connectivity index (χ1v) is 10.8. The molecule has 9 heteroatoms. The van der Waals surface area contributed by atoms with Crippen LogP contribution in [0.15, 0.2) is 59.4 Å². The number of ketones is 1. The van der Waals surface area contributed by atoms with Gasteiger partial charge in [-0.05, 0) is 6.07 Å². The number of aryl methyl sites for hydroxylation is 1. The van der Waals surface area contributed by atoms with Crippen LogP contribution in [0.4, 0.5) is 0 Å². The van der Waals surface area contributed by atoms with Crippen molar-refractivity contribution in [1.29, 1.82) is 0 Å². The molecule has 0 atom stereocenters. The normalized spacial score (nSPS) is 13.4. The average molecular weight is 481 g/mol. The lowest BCUT2D eigenvalue weighted by Gasteiger charge is -2.28. The molecule has 4 aromatic rings. The van der Waals surface area contributed by atoms with Crippen LogP contribution in [0.3, 0.4) is 0 Å². The number of amides is 1. The summed E-state index contributed by atoms with van der Waals surface area (Å²) in [7, 11) is 3.20. The minimum Gasteiger partial charge on any atom is -0.493 e. The number of methoxy groups -OCH3 is 1. The predicted molar refractivity (Wildman–Crippen MR) is 133 cm³/mol. The molecule has 5 rings (SSSR count). The Morgan fingerprint density at radius 3 is 2.41 bits per heavy atom. The number of halogens is 1. The van der Waals surface area contributed by atoms with E-state index < -0.39 is 0 Å². The zero-order chi connectivity index (χ0) is 23.1. The Morgan fingerprint density at radius 1 is 1.09 bits per heavy atom. The van der Waals surface area contributed by atoms with Crippen LogP contribution < -0.4 is 20.9 Å². The van der Waals surface area contributed by atoms with E-state index in [0.717, 1.165) is 5.39 Å². The number of aromatic nitrogens is 2. The Morgan fingerprint density at radius 2 is 1.76 bits per heavy atom. The van der Waals surface area contributed by atoms with Gasteiger partial charge in [-0.1, -0.05) is 48.5 Å². The molecule has 34 heavy (non-hydrogen) atoms. The third-order valence-corrected chi connectivity index (χ3v) is 6.19. The molecule has 1 saturated heterocycles. The fraction of sp³-hybridized carbons (Fsp3) is 0.240. The van der Waals surface area contributed by atoms with Crippen molar-refractivity contribution < 1.29 is 14.3 Å². The highest BCUT2D eigenvalue weighted by Gasteiger charge is 2.29. The Kier molecular flexibility index (Phi) is 6.45. The summed E-state index contributed by atoms with van der Waals surface area (Å²) in [6, 6.07) is 16.3. The molecule has 0 unspecified atom stereocenters. The Hall–Kier alpha value is -3.62. The highest BCUT2D eigenvalue weighted by molar-refractivity contribution is 6.12. The number of hydrogen-bond donors (Lipinski definition) is 2. The van der Waals surface area contributed by atoms with Crippen molar-refractivity contribution in [2.75, 3.05) is 20.2 Å². The maximum atomic E-state index is 13.7. The maximum Gasteiger partial charge on any atom is 0.272 e. The smallest absolute Gasteiger partial charge is 0.272 e. The van der Waals surface area contributed by atoms with Crippen molar-refractivity contribution in [3.8, 4) is 5.75 Å². The molecule has 0 bridgehead atoms. The number of ether oxygens (including phenoxy) is 1. The molecule has 1 fully saturated rings. The Balaban J connectivity index is 0.00000274. The number of rotatable bonds is 6. The third kappa shape index (κ3) is 3.74. The van der Waals surface area contributed by atoms with Gasteiger partial charge in [0.05, 0.1) is 30.7 Å². The number of benzene rings is 2. The second-order valence-corrected chi connectivity index (χ2v) is 8.19. The lowest BCUT2D eigenvalue weighted by atomic mass is 10.1. The molecular formula is C25H25ClN4O4. The Labute approximate surface area is 201 Å². The molecule has 0 radical (unpaired) electrons. The topological polar surface area (TPSA) is 94.4 Å². The zero-order valence-corrected chi connectivity index (χ0v) is 19.6. The number of Topliss-reactive ketones (excluding diaryl/α,β-unsaturated/α-hetero) is 1. The van der Waals surface area contributed by atoms with E-state index in [4.69, 9.17) is 4.74 Å². The summed E-state index contributed by atoms with van der Waals surface area (Å²) in [6.45, 7) is 1.29. The van der Waals surface area contributed by atoms with Crippen molar-refractivity contribution in [2.45, 2.75) is 12.6 Å². The average Bonchev–Trinajstić information content (AvgIpc) is 3.12. The standard InChI is InChI=1S/C25H24N4O4.ClH/c1-28-21-17-10-6-7-11-18(17)29(14-19(30)15-8-4-3-5-9-15)25(32)20(21)23(33-2)22(28)24(31)27-16-12-26-13-16;/h3-11,16,26H,12-14H2,1-2H3,(H,27,31);1H. The van der Waals surface area contributed by atoms with Gasteiger partial charge in [-0.25, -0.2) is 0 Å². The number of nitrogens with one attached hydrogen (secondary N) is 2. The third-order valence-electron chi connectivity index (χ3n) is 6.19. The fourth-order valence-corrected chi connectivity index (χ4v) is 4.44. The van der Waals surface area contributed by atoms with Crippen LogP contribution >= 0.6 is 12.4 Å². The lowest BCUT2D eigenvalue weighted by molar-refractivity contribution is 0.0911. The summed E-state index contributed by atoms with van der Waals surface area (Å²) < 4.78 is 8.79. The minimum atomic E-state index is -0.371. The van der Waals surface area contributed by atoms with E-state index in [9.17, 15) is 14.4 Å². The molecule has 0 aliphatic carbocycles. The molecule has 2 aromatic heterocycles. The Bertz CT molecular complexity index is 1460. The second kappa shape index (κ2) is 9.32. The molecule has 0 saturated carbocycles. The van der Waals surface area contributed by atoms with Crippen LogP contribution in [0.1, 0.15) is 20.8 Å². The molecule has 2 N–H and O–H groups in total. The second-order valence-electron chi connectivity index (χ2n) is 8.19. The monoisotopic (exact) mass is 480 g/mol. The quantitative estimate of drug-likeness (QED) is 0.413. The molecule has 0 spiro atoms. The first-order valence-electron chi connectivity index (χ1n) is 10.8. The maximum absolute atomic E-state index is 13.7. The van der Waals surface area contributed by atoms with E-state index >= 15 is 0 Å². The number of carbonyl (C=O) groups excluding carboxylic acids is 2. The number of carbonyl (C=O) groups is 2. The van der Waals surface area contributed by atoms with Crippen molar-refractivity contribution in [1.82, 2.24) is 19.8 Å². The van der Waals surface area contributed by atoms with Gasteiger partial charge in [0.1, 0.15) is 5.39 Å². The van der Waals surface area contributed by atoms with Crippen molar-refractivity contribution >= 4 is 45.9 Å². The van der Waals surface area contributed by atoms with E-state index in [-0.39, 0.29) is 59.1 Å². The summed E-state index contributed by atoms with van der Waals surface area (Å²) in [5, 5.41) is 7.15. The summed E-state index contributed by atoms with van der Waals surface area (Å²) >= 11 is 0. The fourth-order valence-electron chi connectivity index (χ4n) is 4.44. The van der Waals surface area contributed by atoms with Gasteiger partial charge in [0.25, 0.3) is 11.5 Å². The number of nitrogens with zero attached hydrogens (tertiary/aromatic N) is 2. The van der Waals surface area contributed by atoms with Gasteiger partial charge in [0.15, 0.2) is 17.2 Å². The summed E-state index contributed by atoms with van der Waals surface area (Å²) in [6.07, 6.45) is 0. The molecule has 3 heterocycles. The van der Waals surface area contributed by atoms with Crippen molar-refractivity contribution in [3.63, 3.8) is 0 Å². The molecular weight excluding hydrogens is 456 g/mol. The molecule has 8 nitrogen and oxygen atoms in total. The first-order chi connectivity index (χ1) is 16.0. The number of pyridine rings is 1. The minimum absolute atomic E-state index is 0. The lowest BCUT2D eigenvalue weighted by Crippen LogP contribution is -2.57. The predicted octanol–water partition coefficient (Wildman–Crippen LogP) is 2.51. The van der Waals surface area contributed by atoms with Gasteiger partial charge in [0, 0.05) is 31.1 Å². The SMILES string of the molecule is COc1c(C(=O)NC2CNC2)n(C)c2c1c(=O)n(CC(=O)c1ccccc1)c1ccccc21.Cl. The largest absolute Gasteiger partial charge is 0.493 e. The number of para-hydroxylation sites is 1. The van der Waals surface area contributed by atoms with E-state index in [1.54, 1.807) is 35.9 Å². The van der Waals surface area contributed by atoms with Gasteiger partial charge in [-0.3, -0.25) is 19.0 Å². The van der Waals surface area contributed by atoms with Gasteiger partial charge >= 0.3 is 0 Å². The van der Waals surface area contributed by atoms with Gasteiger partial charge in [-0.15, -0.1) is 12.4 Å². The van der Waals surface area contributed by atoms with Crippen LogP contribution in [0.5, 0.6) is 5.75 Å². The van der Waals surface area contributed by atoms with Gasteiger partial charge in [-0.2, -0.15) is 0 Å². The molecule has 2 aromatic carbocycles. The van der Waals surface area contributed by atoms with Gasteiger partial charge in [0.2, 0.25) is 0 Å². The molecule has 176 valence electrons. The molecule has 1 aliphatic heterocycles. The summed E-state index contributed by atoms with van der Waals surface area (Å²) in [5.41, 5.74) is 1.67. The highest BCUT2D eigenvalue weighted by atomic mass is 35.5. The van der Waals surface area contributed by atoms with E-state index in [1.807, 2.05) is 30.3 Å². The molecule has 1 amide bonds. The van der Waals surface area contributed by atoms with E-state index in [1.165, 1.54) is 11.7 Å². The van der Waals surface area contributed by atoms with Crippen molar-refractivity contribution in [2.24, 2.45) is 7.05 Å². The van der Waals surface area contributed by atoms with Crippen molar-refractivity contribution in [3.05, 3.63) is 76.2 Å². The summed E-state index contributed by atoms with van der Waals surface area (Å²) in [5.74, 6) is -0.256. The van der Waals surface area contributed by atoms with Crippen LogP contribution in [0, 0.1) is 0 Å². The number of hydrogen-bond acceptors (Lipinski definition) is 5.